The average Bonchev–Trinajstić information content (AvgIpc) is 3.21. The molecule has 0 aliphatic heterocycles. The molecule has 132 valence electrons. The zero-order valence-electron chi connectivity index (χ0n) is 15.2. The fourth-order valence-electron chi connectivity index (χ4n) is 1.11. The van der Waals surface area contributed by atoms with Crippen LogP contribution in [0, 0.1) is 0 Å². The van der Waals surface area contributed by atoms with Gasteiger partial charge in [0.05, 0.1) is 6.54 Å². The lowest BCUT2D eigenvalue weighted by molar-refractivity contribution is -0.129. The Morgan fingerprint density at radius 1 is 1.23 bits per heavy atom. The lowest BCUT2D eigenvalue weighted by Gasteiger charge is -2.20. The van der Waals surface area contributed by atoms with Gasteiger partial charge in [0.2, 0.25) is 0 Å². The molecule has 0 saturated heterocycles. The van der Waals surface area contributed by atoms with E-state index in [1.807, 2.05) is 13.8 Å². The SMILES string of the molecule is CC.CC(C)(C)OC(=O)NCC(O)C(=O)NC1CC1.CCC. The van der Waals surface area contributed by atoms with Crippen molar-refractivity contribution in [3.63, 3.8) is 0 Å². The summed E-state index contributed by atoms with van der Waals surface area (Å²) in [5.74, 6) is -0.455. The first-order valence-electron chi connectivity index (χ1n) is 8.14. The van der Waals surface area contributed by atoms with Crippen LogP contribution in [-0.2, 0) is 9.53 Å². The van der Waals surface area contributed by atoms with Crippen LogP contribution in [0.2, 0.25) is 0 Å². The molecule has 2 amide bonds. The quantitative estimate of drug-likeness (QED) is 0.743. The van der Waals surface area contributed by atoms with Crippen molar-refractivity contribution >= 4 is 12.0 Å². The number of nitrogens with one attached hydrogen (secondary N) is 2. The Bertz CT molecular complexity index is 310. The van der Waals surface area contributed by atoms with Gasteiger partial charge >= 0.3 is 6.09 Å². The second kappa shape index (κ2) is 12.3. The van der Waals surface area contributed by atoms with Crippen LogP contribution >= 0.6 is 0 Å². The fourth-order valence-corrected chi connectivity index (χ4v) is 1.11. The van der Waals surface area contributed by atoms with Gasteiger partial charge in [-0.1, -0.05) is 34.1 Å². The summed E-state index contributed by atoms with van der Waals surface area (Å²) in [6.07, 6.45) is 1.29. The molecule has 0 bridgehead atoms. The summed E-state index contributed by atoms with van der Waals surface area (Å²) in [7, 11) is 0. The Morgan fingerprint density at radius 3 is 2.05 bits per heavy atom. The lowest BCUT2D eigenvalue weighted by atomic mass is 10.2. The molecule has 6 heteroatoms. The molecular formula is C16H34N2O4. The summed E-state index contributed by atoms with van der Waals surface area (Å²) in [5, 5.41) is 14.4. The summed E-state index contributed by atoms with van der Waals surface area (Å²) < 4.78 is 4.97. The van der Waals surface area contributed by atoms with E-state index in [-0.39, 0.29) is 12.6 Å². The summed E-state index contributed by atoms with van der Waals surface area (Å²) in [6, 6.07) is 0.193. The predicted molar refractivity (Wildman–Crippen MR) is 88.7 cm³/mol. The molecule has 22 heavy (non-hydrogen) atoms. The van der Waals surface area contributed by atoms with Gasteiger partial charge in [0.1, 0.15) is 11.7 Å². The predicted octanol–water partition coefficient (Wildman–Crippen LogP) is 2.59. The smallest absolute Gasteiger partial charge is 0.407 e. The molecule has 1 atom stereocenters. The molecule has 0 aromatic carbocycles. The maximum absolute atomic E-state index is 11.3. The zero-order chi connectivity index (χ0) is 17.8. The molecule has 1 unspecified atom stereocenters. The molecule has 3 N–H and O–H groups in total. The van der Waals surface area contributed by atoms with Gasteiger partial charge in [-0.3, -0.25) is 4.79 Å². The maximum atomic E-state index is 11.3. The van der Waals surface area contributed by atoms with Crippen molar-refractivity contribution in [3.8, 4) is 0 Å². The largest absolute Gasteiger partial charge is 0.444 e. The van der Waals surface area contributed by atoms with Crippen molar-refractivity contribution in [1.29, 1.82) is 0 Å². The highest BCUT2D eigenvalue weighted by molar-refractivity contribution is 5.82. The third kappa shape index (κ3) is 15.1. The standard InChI is InChI=1S/C11H20N2O4.C3H8.C2H6/c1-11(2,3)17-10(16)12-6-8(14)9(15)13-7-4-5-7;1-3-2;1-2/h7-8,14H,4-6H2,1-3H3,(H,12,16)(H,13,15);3H2,1-2H3;1-2H3. The second-order valence-electron chi connectivity index (χ2n) is 5.89. The first-order chi connectivity index (χ1) is 10.2. The van der Waals surface area contributed by atoms with E-state index >= 15 is 0 Å². The average molecular weight is 318 g/mol. The van der Waals surface area contributed by atoms with Crippen LogP contribution in [0.4, 0.5) is 4.79 Å². The summed E-state index contributed by atoms with van der Waals surface area (Å²) in [4.78, 5) is 22.6. The van der Waals surface area contributed by atoms with E-state index in [9.17, 15) is 14.7 Å². The molecule has 0 aromatic rings. The first-order valence-corrected chi connectivity index (χ1v) is 8.14. The van der Waals surface area contributed by atoms with Gasteiger partial charge in [0.15, 0.2) is 0 Å². The van der Waals surface area contributed by atoms with Crippen molar-refractivity contribution in [1.82, 2.24) is 10.6 Å². The number of hydrogen-bond acceptors (Lipinski definition) is 4. The highest BCUT2D eigenvalue weighted by Crippen LogP contribution is 2.18. The topological polar surface area (TPSA) is 87.7 Å². The number of aliphatic hydroxyl groups is 1. The second-order valence-corrected chi connectivity index (χ2v) is 5.89. The van der Waals surface area contributed by atoms with E-state index in [0.29, 0.717) is 0 Å². The minimum absolute atomic E-state index is 0.145. The monoisotopic (exact) mass is 318 g/mol. The van der Waals surface area contributed by atoms with Crippen LogP contribution < -0.4 is 10.6 Å². The Balaban J connectivity index is 0. The number of hydrogen-bond donors (Lipinski definition) is 3. The molecule has 1 rings (SSSR count). The highest BCUT2D eigenvalue weighted by Gasteiger charge is 2.27. The number of carbonyl (C=O) groups is 2. The van der Waals surface area contributed by atoms with Crippen LogP contribution in [0.15, 0.2) is 0 Å². The van der Waals surface area contributed by atoms with Gasteiger partial charge in [-0.15, -0.1) is 0 Å². The van der Waals surface area contributed by atoms with Crippen molar-refractivity contribution < 1.29 is 19.4 Å². The summed E-state index contributed by atoms with van der Waals surface area (Å²) >= 11 is 0. The van der Waals surface area contributed by atoms with E-state index in [0.717, 1.165) is 12.8 Å². The van der Waals surface area contributed by atoms with Crippen molar-refractivity contribution in [3.05, 3.63) is 0 Å². The van der Waals surface area contributed by atoms with Crippen LogP contribution in [-0.4, -0.2) is 41.4 Å². The van der Waals surface area contributed by atoms with Crippen LogP contribution in [0.25, 0.3) is 0 Å². The van der Waals surface area contributed by atoms with Gasteiger partial charge in [-0.25, -0.2) is 4.79 Å². The van der Waals surface area contributed by atoms with E-state index in [2.05, 4.69) is 24.5 Å². The Hall–Kier alpha value is -1.30. The van der Waals surface area contributed by atoms with Gasteiger partial charge < -0.3 is 20.5 Å². The molecule has 1 aliphatic carbocycles. The minimum atomic E-state index is -1.23. The molecule has 0 radical (unpaired) electrons. The van der Waals surface area contributed by atoms with Gasteiger partial charge in [-0.05, 0) is 33.6 Å². The van der Waals surface area contributed by atoms with Crippen LogP contribution in [0.1, 0.15) is 67.7 Å². The van der Waals surface area contributed by atoms with E-state index in [1.165, 1.54) is 6.42 Å². The Morgan fingerprint density at radius 2 is 1.68 bits per heavy atom. The highest BCUT2D eigenvalue weighted by atomic mass is 16.6. The van der Waals surface area contributed by atoms with Crippen molar-refractivity contribution in [2.24, 2.45) is 0 Å². The third-order valence-corrected chi connectivity index (χ3v) is 2.07. The summed E-state index contributed by atoms with van der Waals surface area (Å²) in [5.41, 5.74) is -0.592. The van der Waals surface area contributed by atoms with Gasteiger partial charge in [0, 0.05) is 6.04 Å². The van der Waals surface area contributed by atoms with Crippen molar-refractivity contribution in [2.75, 3.05) is 6.54 Å². The van der Waals surface area contributed by atoms with Crippen LogP contribution in [0.5, 0.6) is 0 Å². The number of amides is 2. The van der Waals surface area contributed by atoms with Crippen LogP contribution in [0.3, 0.4) is 0 Å². The molecule has 1 aliphatic rings. The Kier molecular flexibility index (Phi) is 12.8. The van der Waals surface area contributed by atoms with E-state index in [1.54, 1.807) is 20.8 Å². The first kappa shape index (κ1) is 23.0. The van der Waals surface area contributed by atoms with E-state index in [4.69, 9.17) is 4.74 Å². The molecule has 6 nitrogen and oxygen atoms in total. The molecule has 1 saturated carbocycles. The van der Waals surface area contributed by atoms with Gasteiger partial charge in [-0.2, -0.15) is 0 Å². The van der Waals surface area contributed by atoms with Crippen molar-refractivity contribution in [2.45, 2.75) is 85.5 Å². The Labute approximate surface area is 135 Å². The number of carbonyl (C=O) groups excluding carboxylic acids is 2. The maximum Gasteiger partial charge on any atom is 0.407 e. The fraction of sp³-hybridized carbons (Fsp3) is 0.875. The number of rotatable bonds is 4. The molecule has 0 heterocycles. The summed E-state index contributed by atoms with van der Waals surface area (Å²) in [6.45, 7) is 13.3. The number of ether oxygens (including phenoxy) is 1. The molecule has 0 spiro atoms. The lowest BCUT2D eigenvalue weighted by Crippen LogP contribution is -2.44. The van der Waals surface area contributed by atoms with E-state index < -0.39 is 23.7 Å². The number of aliphatic hydroxyl groups excluding tert-OH is 1. The number of alkyl carbamates (subject to hydrolysis) is 1. The minimum Gasteiger partial charge on any atom is -0.444 e. The van der Waals surface area contributed by atoms with Gasteiger partial charge in [0.25, 0.3) is 5.91 Å². The zero-order valence-corrected chi connectivity index (χ0v) is 15.2. The molecule has 1 fully saturated rings. The normalized spacial score (nSPS) is 14.4. The molecule has 0 aromatic heterocycles. The third-order valence-electron chi connectivity index (χ3n) is 2.07. The molecular weight excluding hydrogens is 284 g/mol.